The second-order valence-electron chi connectivity index (χ2n) is 5.09. The molecular weight excluding hydrogens is 240 g/mol. The Morgan fingerprint density at radius 3 is 2.47 bits per heavy atom. The van der Waals surface area contributed by atoms with Crippen molar-refractivity contribution in [2.75, 3.05) is 32.1 Å². The molecule has 1 aromatic heterocycles. The Bertz CT molecular complexity index is 427. The molecule has 0 aliphatic carbocycles. The molecule has 19 heavy (non-hydrogen) atoms. The largest absolute Gasteiger partial charge is 0.370 e. The highest BCUT2D eigenvalue weighted by molar-refractivity contribution is 5.78. The first-order valence-electron chi connectivity index (χ1n) is 6.53. The molecule has 1 saturated heterocycles. The number of guanidine groups is 1. The molecule has 0 unspecified atom stereocenters. The van der Waals surface area contributed by atoms with Crippen LogP contribution in [0.15, 0.2) is 23.3 Å². The van der Waals surface area contributed by atoms with Crippen molar-refractivity contribution >= 4 is 17.5 Å². The first kappa shape index (κ1) is 13.6. The molecule has 0 radical (unpaired) electrons. The van der Waals surface area contributed by atoms with E-state index in [-0.39, 0.29) is 5.96 Å². The first-order valence-corrected chi connectivity index (χ1v) is 6.53. The number of rotatable bonds is 3. The Hall–Kier alpha value is -1.82. The molecule has 0 spiro atoms. The van der Waals surface area contributed by atoms with Gasteiger partial charge in [-0.3, -0.25) is 0 Å². The fourth-order valence-corrected chi connectivity index (χ4v) is 2.40. The van der Waals surface area contributed by atoms with Crippen molar-refractivity contribution in [3.63, 3.8) is 0 Å². The standard InChI is InChI=1S/C13H22N6/c1-18(2)10-5-7-19(8-6-10)11-3-4-12(16-9-11)17-13(14)15/h3-4,9-10H,5-8H2,1-2H3,(H4,14,15,16,17). The number of piperidine rings is 1. The summed E-state index contributed by atoms with van der Waals surface area (Å²) in [5, 5.41) is 0. The van der Waals surface area contributed by atoms with Gasteiger partial charge in [0.2, 0.25) is 0 Å². The summed E-state index contributed by atoms with van der Waals surface area (Å²) >= 11 is 0. The lowest BCUT2D eigenvalue weighted by molar-refractivity contribution is 0.249. The van der Waals surface area contributed by atoms with Gasteiger partial charge in [-0.1, -0.05) is 0 Å². The summed E-state index contributed by atoms with van der Waals surface area (Å²) in [5.41, 5.74) is 11.8. The lowest BCUT2D eigenvalue weighted by Crippen LogP contribution is -2.42. The third kappa shape index (κ3) is 3.57. The zero-order chi connectivity index (χ0) is 13.8. The van der Waals surface area contributed by atoms with Gasteiger partial charge in [0.25, 0.3) is 0 Å². The van der Waals surface area contributed by atoms with E-state index in [1.165, 1.54) is 12.8 Å². The topological polar surface area (TPSA) is 83.8 Å². The van der Waals surface area contributed by atoms with Crippen LogP contribution in [0.5, 0.6) is 0 Å². The highest BCUT2D eigenvalue weighted by Crippen LogP contribution is 2.22. The van der Waals surface area contributed by atoms with E-state index in [1.807, 2.05) is 18.3 Å². The molecule has 6 nitrogen and oxygen atoms in total. The average Bonchev–Trinajstić information content (AvgIpc) is 2.39. The van der Waals surface area contributed by atoms with Gasteiger partial charge in [-0.15, -0.1) is 0 Å². The second-order valence-corrected chi connectivity index (χ2v) is 5.09. The van der Waals surface area contributed by atoms with E-state index in [0.717, 1.165) is 18.8 Å². The van der Waals surface area contributed by atoms with Crippen molar-refractivity contribution in [1.29, 1.82) is 0 Å². The lowest BCUT2D eigenvalue weighted by Gasteiger charge is -2.36. The van der Waals surface area contributed by atoms with Gasteiger partial charge in [-0.05, 0) is 39.1 Å². The fourth-order valence-electron chi connectivity index (χ4n) is 2.40. The van der Waals surface area contributed by atoms with E-state index in [2.05, 4.69) is 33.9 Å². The molecule has 0 aromatic carbocycles. The molecule has 1 aliphatic heterocycles. The van der Waals surface area contributed by atoms with Crippen molar-refractivity contribution in [3.8, 4) is 0 Å². The summed E-state index contributed by atoms with van der Waals surface area (Å²) in [5.74, 6) is 0.582. The van der Waals surface area contributed by atoms with Gasteiger partial charge in [-0.25, -0.2) is 4.98 Å². The maximum Gasteiger partial charge on any atom is 0.192 e. The van der Waals surface area contributed by atoms with Gasteiger partial charge in [-0.2, -0.15) is 4.99 Å². The second kappa shape index (κ2) is 5.88. The van der Waals surface area contributed by atoms with E-state index >= 15 is 0 Å². The molecular formula is C13H22N6. The van der Waals surface area contributed by atoms with E-state index in [9.17, 15) is 0 Å². The summed E-state index contributed by atoms with van der Waals surface area (Å²) in [6, 6.07) is 4.54. The molecule has 1 aromatic rings. The van der Waals surface area contributed by atoms with Gasteiger partial charge in [0.1, 0.15) is 0 Å². The van der Waals surface area contributed by atoms with Crippen molar-refractivity contribution in [3.05, 3.63) is 18.3 Å². The smallest absolute Gasteiger partial charge is 0.192 e. The highest BCUT2D eigenvalue weighted by atomic mass is 15.2. The van der Waals surface area contributed by atoms with Crippen LogP contribution in [0.1, 0.15) is 12.8 Å². The molecule has 1 aliphatic rings. The number of hydrogen-bond donors (Lipinski definition) is 2. The van der Waals surface area contributed by atoms with Crippen LogP contribution in [0, 0.1) is 0 Å². The Labute approximate surface area is 114 Å². The Balaban J connectivity index is 1.98. The lowest BCUT2D eigenvalue weighted by atomic mass is 10.0. The summed E-state index contributed by atoms with van der Waals surface area (Å²) in [6.45, 7) is 2.12. The SMILES string of the molecule is CN(C)C1CCN(c2ccc(N=C(N)N)nc2)CC1. The number of aliphatic imine (C=N–C) groups is 1. The molecule has 2 heterocycles. The van der Waals surface area contributed by atoms with Gasteiger partial charge in [0.05, 0.1) is 11.9 Å². The number of hydrogen-bond acceptors (Lipinski definition) is 4. The van der Waals surface area contributed by atoms with Crippen LogP contribution in [-0.4, -0.2) is 49.1 Å². The number of aromatic nitrogens is 1. The van der Waals surface area contributed by atoms with Crippen LogP contribution in [-0.2, 0) is 0 Å². The van der Waals surface area contributed by atoms with Crippen LogP contribution in [0.3, 0.4) is 0 Å². The van der Waals surface area contributed by atoms with E-state index in [4.69, 9.17) is 11.5 Å². The Morgan fingerprint density at radius 2 is 2.00 bits per heavy atom. The molecule has 0 saturated carbocycles. The number of nitrogens with zero attached hydrogens (tertiary/aromatic N) is 4. The Morgan fingerprint density at radius 1 is 1.32 bits per heavy atom. The molecule has 0 bridgehead atoms. The normalized spacial score (nSPS) is 16.7. The monoisotopic (exact) mass is 262 g/mol. The summed E-state index contributed by atoms with van der Waals surface area (Å²) in [7, 11) is 4.29. The maximum atomic E-state index is 5.32. The van der Waals surface area contributed by atoms with Crippen LogP contribution in [0.4, 0.5) is 11.5 Å². The van der Waals surface area contributed by atoms with Gasteiger partial charge >= 0.3 is 0 Å². The third-order valence-electron chi connectivity index (χ3n) is 3.54. The molecule has 2 rings (SSSR count). The fraction of sp³-hybridized carbons (Fsp3) is 0.538. The molecule has 1 fully saturated rings. The number of pyridine rings is 1. The van der Waals surface area contributed by atoms with E-state index in [0.29, 0.717) is 11.9 Å². The first-order chi connectivity index (χ1) is 9.06. The molecule has 0 atom stereocenters. The molecule has 0 amide bonds. The van der Waals surface area contributed by atoms with Crippen LogP contribution >= 0.6 is 0 Å². The van der Waals surface area contributed by atoms with Crippen molar-refractivity contribution in [2.24, 2.45) is 16.5 Å². The zero-order valence-electron chi connectivity index (χ0n) is 11.6. The molecule has 6 heteroatoms. The van der Waals surface area contributed by atoms with Gasteiger partial charge < -0.3 is 21.3 Å². The zero-order valence-corrected chi connectivity index (χ0v) is 11.6. The van der Waals surface area contributed by atoms with Crippen LogP contribution in [0.25, 0.3) is 0 Å². The van der Waals surface area contributed by atoms with Crippen molar-refractivity contribution in [2.45, 2.75) is 18.9 Å². The van der Waals surface area contributed by atoms with Crippen LogP contribution < -0.4 is 16.4 Å². The number of anilines is 1. The minimum atomic E-state index is 0.0343. The maximum absolute atomic E-state index is 5.32. The molecule has 4 N–H and O–H groups in total. The van der Waals surface area contributed by atoms with Gasteiger partial charge in [0.15, 0.2) is 11.8 Å². The van der Waals surface area contributed by atoms with E-state index in [1.54, 1.807) is 0 Å². The summed E-state index contributed by atoms with van der Waals surface area (Å²) < 4.78 is 0. The van der Waals surface area contributed by atoms with Crippen molar-refractivity contribution < 1.29 is 0 Å². The quantitative estimate of drug-likeness (QED) is 0.613. The van der Waals surface area contributed by atoms with E-state index < -0.39 is 0 Å². The average molecular weight is 262 g/mol. The Kier molecular flexibility index (Phi) is 4.21. The minimum absolute atomic E-state index is 0.0343. The molecule has 104 valence electrons. The summed E-state index contributed by atoms with van der Waals surface area (Å²) in [4.78, 5) is 12.8. The highest BCUT2D eigenvalue weighted by Gasteiger charge is 2.20. The predicted molar refractivity (Wildman–Crippen MR) is 78.6 cm³/mol. The van der Waals surface area contributed by atoms with Crippen LogP contribution in [0.2, 0.25) is 0 Å². The summed E-state index contributed by atoms with van der Waals surface area (Å²) in [6.07, 6.45) is 4.20. The van der Waals surface area contributed by atoms with Crippen molar-refractivity contribution in [1.82, 2.24) is 9.88 Å². The minimum Gasteiger partial charge on any atom is -0.370 e. The third-order valence-corrected chi connectivity index (χ3v) is 3.54. The predicted octanol–water partition coefficient (Wildman–Crippen LogP) is 0.517. The van der Waals surface area contributed by atoms with Gasteiger partial charge in [0, 0.05) is 19.1 Å². The number of nitrogens with two attached hydrogens (primary N) is 2.